The van der Waals surface area contributed by atoms with E-state index in [4.69, 9.17) is 0 Å². The maximum atomic E-state index is 12.4. The van der Waals surface area contributed by atoms with Crippen molar-refractivity contribution >= 4 is 5.91 Å². The summed E-state index contributed by atoms with van der Waals surface area (Å²) in [6, 6.07) is 0.433. The lowest BCUT2D eigenvalue weighted by Crippen LogP contribution is -2.51. The van der Waals surface area contributed by atoms with Crippen LogP contribution < -0.4 is 5.32 Å². The minimum Gasteiger partial charge on any atom is -0.352 e. The van der Waals surface area contributed by atoms with Crippen LogP contribution >= 0.6 is 0 Å². The van der Waals surface area contributed by atoms with Crippen molar-refractivity contribution in [1.29, 1.82) is 0 Å². The molecular weight excluding hydrogens is 248 g/mol. The number of amides is 1. The van der Waals surface area contributed by atoms with Crippen LogP contribution in [0.4, 0.5) is 0 Å². The molecule has 0 saturated carbocycles. The first-order valence-electron chi connectivity index (χ1n) is 8.59. The molecule has 1 heterocycles. The Hall–Kier alpha value is -0.570. The minimum atomic E-state index is 0.122. The zero-order chi connectivity index (χ0) is 15.0. The molecule has 20 heavy (non-hydrogen) atoms. The van der Waals surface area contributed by atoms with E-state index >= 15 is 0 Å². The van der Waals surface area contributed by atoms with Crippen LogP contribution in [0.3, 0.4) is 0 Å². The molecular formula is C17H34N2O. The van der Waals surface area contributed by atoms with Crippen molar-refractivity contribution in [2.24, 2.45) is 5.92 Å². The van der Waals surface area contributed by atoms with Crippen LogP contribution in [0, 0.1) is 5.92 Å². The largest absolute Gasteiger partial charge is 0.352 e. The Morgan fingerprint density at radius 1 is 1.25 bits per heavy atom. The molecule has 0 aliphatic carbocycles. The molecule has 0 radical (unpaired) electrons. The van der Waals surface area contributed by atoms with E-state index in [1.807, 2.05) is 0 Å². The number of rotatable bonds is 8. The Morgan fingerprint density at radius 3 is 2.65 bits per heavy atom. The van der Waals surface area contributed by atoms with E-state index < -0.39 is 0 Å². The highest BCUT2D eigenvalue weighted by Gasteiger charge is 2.28. The number of carbonyl (C=O) groups excluding carboxylic acids is 1. The molecule has 1 amide bonds. The van der Waals surface area contributed by atoms with Gasteiger partial charge in [-0.3, -0.25) is 9.69 Å². The maximum absolute atomic E-state index is 12.4. The number of hydrogen-bond donors (Lipinski definition) is 1. The van der Waals surface area contributed by atoms with Crippen molar-refractivity contribution in [3.05, 3.63) is 0 Å². The lowest BCUT2D eigenvalue weighted by atomic mass is 10.00. The van der Waals surface area contributed by atoms with E-state index in [1.54, 1.807) is 0 Å². The lowest BCUT2D eigenvalue weighted by molar-refractivity contribution is -0.128. The summed E-state index contributed by atoms with van der Waals surface area (Å²) in [5.41, 5.74) is 0. The average Bonchev–Trinajstić information content (AvgIpc) is 2.39. The van der Waals surface area contributed by atoms with Crippen LogP contribution in [0.1, 0.15) is 72.6 Å². The summed E-state index contributed by atoms with van der Waals surface area (Å²) in [5.74, 6) is 1.02. The normalized spacial score (nSPS) is 21.9. The number of piperidine rings is 1. The zero-order valence-corrected chi connectivity index (χ0v) is 14.0. The third kappa shape index (κ3) is 6.25. The molecule has 3 nitrogen and oxygen atoms in total. The van der Waals surface area contributed by atoms with Gasteiger partial charge in [0.15, 0.2) is 0 Å². The van der Waals surface area contributed by atoms with Gasteiger partial charge in [0.1, 0.15) is 0 Å². The first kappa shape index (κ1) is 17.5. The number of carbonyl (C=O) groups is 1. The van der Waals surface area contributed by atoms with Crippen molar-refractivity contribution in [3.63, 3.8) is 0 Å². The second kappa shape index (κ2) is 9.38. The minimum absolute atomic E-state index is 0.122. The van der Waals surface area contributed by atoms with E-state index in [0.29, 0.717) is 6.04 Å². The maximum Gasteiger partial charge on any atom is 0.237 e. The van der Waals surface area contributed by atoms with Gasteiger partial charge in [-0.25, -0.2) is 0 Å². The molecule has 1 rings (SSSR count). The number of likely N-dealkylation sites (tertiary alicyclic amines) is 1. The first-order valence-corrected chi connectivity index (χ1v) is 8.59. The second-order valence-electron chi connectivity index (χ2n) is 6.78. The van der Waals surface area contributed by atoms with Crippen molar-refractivity contribution < 1.29 is 4.79 Å². The number of hydrogen-bond acceptors (Lipinski definition) is 2. The lowest BCUT2D eigenvalue weighted by Gasteiger charge is -2.35. The molecule has 2 unspecified atom stereocenters. The van der Waals surface area contributed by atoms with Gasteiger partial charge in [-0.05, 0) is 51.6 Å². The van der Waals surface area contributed by atoms with Gasteiger partial charge >= 0.3 is 0 Å². The van der Waals surface area contributed by atoms with Gasteiger partial charge in [0.25, 0.3) is 0 Å². The highest BCUT2D eigenvalue weighted by atomic mass is 16.2. The van der Waals surface area contributed by atoms with Crippen LogP contribution in [0.15, 0.2) is 0 Å². The summed E-state index contributed by atoms with van der Waals surface area (Å²) in [7, 11) is 0. The fraction of sp³-hybridized carbons (Fsp3) is 0.941. The van der Waals surface area contributed by atoms with Gasteiger partial charge in [0.2, 0.25) is 5.91 Å². The highest BCUT2D eigenvalue weighted by Crippen LogP contribution is 2.18. The van der Waals surface area contributed by atoms with Crippen molar-refractivity contribution in [2.45, 2.75) is 84.7 Å². The highest BCUT2D eigenvalue weighted by molar-refractivity contribution is 5.82. The summed E-state index contributed by atoms with van der Waals surface area (Å²) in [5, 5.41) is 3.23. The monoisotopic (exact) mass is 282 g/mol. The molecule has 0 spiro atoms. The fourth-order valence-corrected chi connectivity index (χ4v) is 3.09. The van der Waals surface area contributed by atoms with Gasteiger partial charge in [-0.15, -0.1) is 0 Å². The van der Waals surface area contributed by atoms with E-state index in [1.165, 1.54) is 25.7 Å². The Labute approximate surface area is 125 Å². The van der Waals surface area contributed by atoms with Crippen LogP contribution in [-0.2, 0) is 4.79 Å². The summed E-state index contributed by atoms with van der Waals surface area (Å²) in [6.45, 7) is 11.0. The molecule has 3 heteroatoms. The van der Waals surface area contributed by atoms with Gasteiger partial charge in [0.05, 0.1) is 6.04 Å². The van der Waals surface area contributed by atoms with Crippen molar-refractivity contribution in [2.75, 3.05) is 13.1 Å². The standard InChI is InChI=1S/C17H34N2O/c1-5-12-19-13-7-6-11-16(19)17(20)18-15(4)10-8-9-14(2)3/h14-16H,5-13H2,1-4H3,(H,18,20). The molecule has 1 N–H and O–H groups in total. The van der Waals surface area contributed by atoms with E-state index in [9.17, 15) is 4.79 Å². The zero-order valence-electron chi connectivity index (χ0n) is 14.0. The Morgan fingerprint density at radius 2 is 2.00 bits per heavy atom. The summed E-state index contributed by atoms with van der Waals surface area (Å²) >= 11 is 0. The van der Waals surface area contributed by atoms with Crippen molar-refractivity contribution in [3.8, 4) is 0 Å². The molecule has 118 valence electrons. The predicted molar refractivity (Wildman–Crippen MR) is 85.8 cm³/mol. The van der Waals surface area contributed by atoms with E-state index in [0.717, 1.165) is 38.3 Å². The van der Waals surface area contributed by atoms with Gasteiger partial charge < -0.3 is 5.32 Å². The fourth-order valence-electron chi connectivity index (χ4n) is 3.09. The quantitative estimate of drug-likeness (QED) is 0.738. The smallest absolute Gasteiger partial charge is 0.237 e. The summed E-state index contributed by atoms with van der Waals surface area (Å²) in [4.78, 5) is 14.8. The Kier molecular flexibility index (Phi) is 8.20. The van der Waals surface area contributed by atoms with Gasteiger partial charge in [0, 0.05) is 6.04 Å². The number of nitrogens with one attached hydrogen (secondary N) is 1. The molecule has 0 bridgehead atoms. The first-order chi connectivity index (χ1) is 9.54. The molecule has 0 aromatic rings. The summed E-state index contributed by atoms with van der Waals surface area (Å²) in [6.07, 6.45) is 8.17. The molecule has 0 aromatic heterocycles. The van der Waals surface area contributed by atoms with Gasteiger partial charge in [-0.2, -0.15) is 0 Å². The SMILES string of the molecule is CCCN1CCCCC1C(=O)NC(C)CCCC(C)C. The van der Waals surface area contributed by atoms with Crippen LogP contribution in [0.25, 0.3) is 0 Å². The van der Waals surface area contributed by atoms with Crippen LogP contribution in [0.2, 0.25) is 0 Å². The molecule has 0 aromatic carbocycles. The van der Waals surface area contributed by atoms with E-state index in [2.05, 4.69) is 37.9 Å². The number of nitrogens with zero attached hydrogens (tertiary/aromatic N) is 1. The van der Waals surface area contributed by atoms with Crippen LogP contribution in [-0.4, -0.2) is 36.0 Å². The Balaban J connectivity index is 2.35. The average molecular weight is 282 g/mol. The van der Waals surface area contributed by atoms with Crippen LogP contribution in [0.5, 0.6) is 0 Å². The third-order valence-electron chi connectivity index (χ3n) is 4.23. The third-order valence-corrected chi connectivity index (χ3v) is 4.23. The predicted octanol–water partition coefficient (Wildman–Crippen LogP) is 3.58. The molecule has 1 saturated heterocycles. The molecule has 2 atom stereocenters. The Bertz CT molecular complexity index is 276. The topological polar surface area (TPSA) is 32.3 Å². The summed E-state index contributed by atoms with van der Waals surface area (Å²) < 4.78 is 0. The van der Waals surface area contributed by atoms with E-state index in [-0.39, 0.29) is 11.9 Å². The molecule has 1 aliphatic heterocycles. The molecule has 1 fully saturated rings. The second-order valence-corrected chi connectivity index (χ2v) is 6.78. The van der Waals surface area contributed by atoms with Gasteiger partial charge in [-0.1, -0.05) is 40.0 Å². The molecule has 1 aliphatic rings. The van der Waals surface area contributed by atoms with Crippen molar-refractivity contribution in [1.82, 2.24) is 10.2 Å².